The molecule has 0 aliphatic carbocycles. The molecule has 4 aromatic rings. The molecule has 5 rings (SSSR count). The third kappa shape index (κ3) is 4.83. The summed E-state index contributed by atoms with van der Waals surface area (Å²) in [4.78, 5) is 4.49. The van der Waals surface area contributed by atoms with E-state index in [0.717, 1.165) is 41.6 Å². The number of hydrogen-bond donors (Lipinski definition) is 0. The van der Waals surface area contributed by atoms with Gasteiger partial charge in [0.2, 0.25) is 11.7 Å². The minimum absolute atomic E-state index is 0.149. The van der Waals surface area contributed by atoms with Crippen molar-refractivity contribution in [3.05, 3.63) is 64.5 Å². The summed E-state index contributed by atoms with van der Waals surface area (Å²) >= 11 is 13.5. The van der Waals surface area contributed by atoms with Crippen molar-refractivity contribution in [3.8, 4) is 22.8 Å². The van der Waals surface area contributed by atoms with E-state index in [0.29, 0.717) is 34.1 Å². The van der Waals surface area contributed by atoms with Crippen LogP contribution in [0.1, 0.15) is 18.7 Å². The molecule has 0 saturated carbocycles. The van der Waals surface area contributed by atoms with Crippen molar-refractivity contribution in [2.24, 2.45) is 0 Å². The highest BCUT2D eigenvalue weighted by Crippen LogP contribution is 2.29. The van der Waals surface area contributed by atoms with Crippen molar-refractivity contribution in [1.29, 1.82) is 0 Å². The van der Waals surface area contributed by atoms with Crippen LogP contribution in [0, 0.1) is 0 Å². The number of rotatable bonds is 7. The number of thioether (sulfide) groups is 1. The number of nitrogens with zero attached hydrogens (tertiary/aromatic N) is 5. The smallest absolute Gasteiger partial charge is 0.237 e. The summed E-state index contributed by atoms with van der Waals surface area (Å²) in [5, 5.41) is 15.1. The summed E-state index contributed by atoms with van der Waals surface area (Å²) in [5.74, 6) is 2.30. The molecule has 2 aromatic heterocycles. The topological polar surface area (TPSA) is 78.9 Å². The molecule has 1 aliphatic rings. The Morgan fingerprint density at radius 3 is 2.38 bits per heavy atom. The molecule has 1 atom stereocenters. The van der Waals surface area contributed by atoms with Gasteiger partial charge in [0.15, 0.2) is 11.0 Å². The highest BCUT2D eigenvalue weighted by atomic mass is 35.5. The zero-order chi connectivity index (χ0) is 21.9. The molecule has 1 aliphatic heterocycles. The fraction of sp³-hybridized carbons (Fsp3) is 0.273. The second kappa shape index (κ2) is 9.62. The normalized spacial score (nSPS) is 16.0. The fourth-order valence-corrected chi connectivity index (χ4v) is 4.56. The lowest BCUT2D eigenvalue weighted by molar-refractivity contribution is 0.0953. The first-order chi connectivity index (χ1) is 15.7. The van der Waals surface area contributed by atoms with Gasteiger partial charge in [0, 0.05) is 27.8 Å². The van der Waals surface area contributed by atoms with Crippen LogP contribution in [0.4, 0.5) is 0 Å². The minimum Gasteiger partial charge on any atom is -0.376 e. The van der Waals surface area contributed by atoms with E-state index in [-0.39, 0.29) is 6.10 Å². The van der Waals surface area contributed by atoms with Crippen LogP contribution in [0.15, 0.2) is 58.2 Å². The van der Waals surface area contributed by atoms with Crippen molar-refractivity contribution in [3.63, 3.8) is 0 Å². The monoisotopic (exact) mass is 487 g/mol. The maximum Gasteiger partial charge on any atom is 0.237 e. The molecule has 0 spiro atoms. The van der Waals surface area contributed by atoms with Gasteiger partial charge in [0.05, 0.1) is 18.4 Å². The second-order valence-electron chi connectivity index (χ2n) is 7.37. The molecule has 1 unspecified atom stereocenters. The quantitative estimate of drug-likeness (QED) is 0.306. The van der Waals surface area contributed by atoms with Gasteiger partial charge in [-0.15, -0.1) is 10.2 Å². The van der Waals surface area contributed by atoms with Gasteiger partial charge in [0.1, 0.15) is 0 Å². The van der Waals surface area contributed by atoms with Crippen LogP contribution in [0.25, 0.3) is 22.8 Å². The fourth-order valence-electron chi connectivity index (χ4n) is 3.52. The first-order valence-corrected chi connectivity index (χ1v) is 11.9. The summed E-state index contributed by atoms with van der Waals surface area (Å²) in [6, 6.07) is 14.9. The van der Waals surface area contributed by atoms with Crippen molar-refractivity contribution in [2.45, 2.75) is 36.4 Å². The van der Waals surface area contributed by atoms with Crippen LogP contribution in [-0.4, -0.2) is 37.6 Å². The molecule has 0 amide bonds. The molecule has 3 heterocycles. The van der Waals surface area contributed by atoms with Crippen LogP contribution in [-0.2, 0) is 17.0 Å². The molecule has 2 aromatic carbocycles. The molecule has 0 bridgehead atoms. The highest BCUT2D eigenvalue weighted by Gasteiger charge is 2.22. The van der Waals surface area contributed by atoms with Gasteiger partial charge in [-0.1, -0.05) is 40.1 Å². The van der Waals surface area contributed by atoms with Gasteiger partial charge in [-0.25, -0.2) is 0 Å². The molecule has 7 nitrogen and oxygen atoms in total. The van der Waals surface area contributed by atoms with E-state index in [1.807, 2.05) is 36.4 Å². The van der Waals surface area contributed by atoms with Gasteiger partial charge in [-0.2, -0.15) is 4.98 Å². The Morgan fingerprint density at radius 1 is 0.969 bits per heavy atom. The second-order valence-corrected chi connectivity index (χ2v) is 9.18. The summed E-state index contributed by atoms with van der Waals surface area (Å²) in [7, 11) is 0. The largest absolute Gasteiger partial charge is 0.376 e. The van der Waals surface area contributed by atoms with E-state index in [1.54, 1.807) is 12.1 Å². The number of hydrogen-bond acceptors (Lipinski definition) is 7. The Bertz CT molecular complexity index is 1190. The van der Waals surface area contributed by atoms with E-state index < -0.39 is 0 Å². The Balaban J connectivity index is 1.36. The lowest BCUT2D eigenvalue weighted by Crippen LogP contribution is -2.16. The molecule has 10 heteroatoms. The maximum absolute atomic E-state index is 6.06. The van der Waals surface area contributed by atoms with E-state index in [9.17, 15) is 0 Å². The zero-order valence-corrected chi connectivity index (χ0v) is 19.3. The van der Waals surface area contributed by atoms with E-state index in [1.165, 1.54) is 11.8 Å². The lowest BCUT2D eigenvalue weighted by atomic mass is 10.2. The van der Waals surface area contributed by atoms with Crippen molar-refractivity contribution in [2.75, 3.05) is 6.61 Å². The van der Waals surface area contributed by atoms with Gasteiger partial charge in [0.25, 0.3) is 0 Å². The molecule has 0 radical (unpaired) electrons. The minimum atomic E-state index is 0.149. The van der Waals surface area contributed by atoms with Crippen molar-refractivity contribution < 1.29 is 9.26 Å². The Hall–Kier alpha value is -2.39. The van der Waals surface area contributed by atoms with Crippen LogP contribution >= 0.6 is 35.0 Å². The average Bonchev–Trinajstić information content (AvgIpc) is 3.56. The first-order valence-electron chi connectivity index (χ1n) is 10.2. The number of halogens is 2. The van der Waals surface area contributed by atoms with Gasteiger partial charge in [-0.3, -0.25) is 4.57 Å². The molecule has 1 saturated heterocycles. The third-order valence-electron chi connectivity index (χ3n) is 5.12. The molecular formula is C22H19Cl2N5O2S. The standard InChI is InChI=1S/C22H19Cl2N5O2S/c23-16-7-3-14(4-8-16)20-25-19(31-28-20)13-32-22-27-26-21(15-5-9-17(24)10-6-15)29(22)12-18-2-1-11-30-18/h3-10,18H,1-2,11-13H2. The summed E-state index contributed by atoms with van der Waals surface area (Å²) in [6.45, 7) is 1.48. The van der Waals surface area contributed by atoms with Crippen molar-refractivity contribution in [1.82, 2.24) is 24.9 Å². The maximum atomic E-state index is 6.06. The number of benzene rings is 2. The van der Waals surface area contributed by atoms with Crippen LogP contribution in [0.2, 0.25) is 10.0 Å². The van der Waals surface area contributed by atoms with Crippen LogP contribution in [0.3, 0.4) is 0 Å². The Labute approximate surface area is 199 Å². The van der Waals surface area contributed by atoms with Crippen LogP contribution < -0.4 is 0 Å². The predicted octanol–water partition coefficient (Wildman–Crippen LogP) is 5.77. The van der Waals surface area contributed by atoms with E-state index in [4.69, 9.17) is 32.5 Å². The van der Waals surface area contributed by atoms with E-state index >= 15 is 0 Å². The van der Waals surface area contributed by atoms with Gasteiger partial charge in [-0.05, 0) is 61.4 Å². The first kappa shape index (κ1) is 21.5. The molecular weight excluding hydrogens is 469 g/mol. The van der Waals surface area contributed by atoms with Crippen molar-refractivity contribution >= 4 is 35.0 Å². The average molecular weight is 488 g/mol. The molecule has 0 N–H and O–H groups in total. The summed E-state index contributed by atoms with van der Waals surface area (Å²) in [6.07, 6.45) is 2.24. The molecule has 164 valence electrons. The molecule has 32 heavy (non-hydrogen) atoms. The number of aromatic nitrogens is 5. The predicted molar refractivity (Wildman–Crippen MR) is 124 cm³/mol. The zero-order valence-electron chi connectivity index (χ0n) is 16.9. The van der Waals surface area contributed by atoms with Gasteiger partial charge < -0.3 is 9.26 Å². The SMILES string of the molecule is Clc1ccc(-c2noc(CSc3nnc(-c4ccc(Cl)cc4)n3CC3CCCO3)n2)cc1. The molecule has 1 fully saturated rings. The Morgan fingerprint density at radius 2 is 1.69 bits per heavy atom. The third-order valence-corrected chi connectivity index (χ3v) is 6.58. The number of ether oxygens (including phenoxy) is 1. The summed E-state index contributed by atoms with van der Waals surface area (Å²) in [5.41, 5.74) is 1.80. The highest BCUT2D eigenvalue weighted by molar-refractivity contribution is 7.98. The van der Waals surface area contributed by atoms with Crippen LogP contribution in [0.5, 0.6) is 0 Å². The van der Waals surface area contributed by atoms with Gasteiger partial charge >= 0.3 is 0 Å². The summed E-state index contributed by atoms with van der Waals surface area (Å²) < 4.78 is 13.4. The van der Waals surface area contributed by atoms with E-state index in [2.05, 4.69) is 24.9 Å². The lowest BCUT2D eigenvalue weighted by Gasteiger charge is -2.14. The Kier molecular flexibility index (Phi) is 6.45.